The van der Waals surface area contributed by atoms with Gasteiger partial charge in [0.15, 0.2) is 0 Å². The number of nitrogens with one attached hydrogen (secondary N) is 1. The summed E-state index contributed by atoms with van der Waals surface area (Å²) < 4.78 is 18.6. The molecule has 19 heavy (non-hydrogen) atoms. The summed E-state index contributed by atoms with van der Waals surface area (Å²) in [5.74, 6) is -1.65. The molecule has 1 aromatic carbocycles. The van der Waals surface area contributed by atoms with E-state index in [9.17, 15) is 14.3 Å². The molecule has 104 valence electrons. The maximum Gasteiger partial charge on any atom is 0.254 e. The minimum Gasteiger partial charge on any atom is -0.508 e. The molecule has 1 aliphatic heterocycles. The second-order valence-electron chi connectivity index (χ2n) is 4.68. The topological polar surface area (TPSA) is 78.8 Å². The van der Waals surface area contributed by atoms with Crippen molar-refractivity contribution in [3.63, 3.8) is 0 Å². The lowest BCUT2D eigenvalue weighted by Crippen LogP contribution is -2.46. The zero-order chi connectivity index (χ0) is 13.9. The van der Waals surface area contributed by atoms with E-state index >= 15 is 0 Å². The highest BCUT2D eigenvalue weighted by molar-refractivity contribution is 5.94. The van der Waals surface area contributed by atoms with Crippen LogP contribution in [0.5, 0.6) is 5.75 Å². The van der Waals surface area contributed by atoms with Crippen molar-refractivity contribution in [3.05, 3.63) is 29.6 Å². The molecule has 2 rings (SSSR count). The Hall–Kier alpha value is -1.66. The fraction of sp³-hybridized carbons (Fsp3) is 0.462. The number of aromatic hydroxyl groups is 1. The Morgan fingerprint density at radius 1 is 1.42 bits per heavy atom. The fourth-order valence-corrected chi connectivity index (χ4v) is 1.96. The molecule has 5 nitrogen and oxygen atoms in total. The standard InChI is InChI=1S/C13H16FNO4/c14-11-7-9(16)1-2-10(11)12(17)15-8-13(18)3-5-19-6-4-13/h1-2,7,16,18H,3-6,8H2,(H,15,17). The van der Waals surface area contributed by atoms with Crippen LogP contribution in [0.2, 0.25) is 0 Å². The number of phenols is 1. The zero-order valence-electron chi connectivity index (χ0n) is 10.4. The van der Waals surface area contributed by atoms with E-state index in [1.54, 1.807) is 0 Å². The molecule has 0 atom stereocenters. The predicted octanol–water partition coefficient (Wildman–Crippen LogP) is 0.803. The maximum absolute atomic E-state index is 13.5. The molecule has 1 amide bonds. The molecule has 0 spiro atoms. The molecule has 1 fully saturated rings. The van der Waals surface area contributed by atoms with Gasteiger partial charge in [0.25, 0.3) is 5.91 Å². The van der Waals surface area contributed by atoms with Crippen LogP contribution in [-0.2, 0) is 4.74 Å². The molecule has 6 heteroatoms. The first kappa shape index (κ1) is 13.8. The molecule has 1 saturated heterocycles. The van der Waals surface area contributed by atoms with Crippen molar-refractivity contribution in [3.8, 4) is 5.75 Å². The number of hydrogen-bond donors (Lipinski definition) is 3. The Bertz CT molecular complexity index is 472. The minimum absolute atomic E-state index is 0.0511. The van der Waals surface area contributed by atoms with Crippen LogP contribution in [-0.4, -0.2) is 41.5 Å². The second kappa shape index (κ2) is 5.54. The van der Waals surface area contributed by atoms with Crippen molar-refractivity contribution in [1.82, 2.24) is 5.32 Å². The van der Waals surface area contributed by atoms with Gasteiger partial charge in [-0.3, -0.25) is 4.79 Å². The third-order valence-electron chi connectivity index (χ3n) is 3.20. The van der Waals surface area contributed by atoms with E-state index in [0.29, 0.717) is 26.1 Å². The van der Waals surface area contributed by atoms with Gasteiger partial charge in [-0.25, -0.2) is 4.39 Å². The number of benzene rings is 1. The summed E-state index contributed by atoms with van der Waals surface area (Å²) in [6.07, 6.45) is 0.872. The summed E-state index contributed by atoms with van der Waals surface area (Å²) >= 11 is 0. The Morgan fingerprint density at radius 3 is 2.74 bits per heavy atom. The van der Waals surface area contributed by atoms with Crippen molar-refractivity contribution in [2.24, 2.45) is 0 Å². The molecule has 0 aromatic heterocycles. The quantitative estimate of drug-likeness (QED) is 0.758. The smallest absolute Gasteiger partial charge is 0.254 e. The molecule has 0 unspecified atom stereocenters. The van der Waals surface area contributed by atoms with Crippen LogP contribution in [0.4, 0.5) is 4.39 Å². The number of ether oxygens (including phenoxy) is 1. The molecule has 1 aliphatic rings. The third-order valence-corrected chi connectivity index (χ3v) is 3.20. The average Bonchev–Trinajstić information content (AvgIpc) is 2.37. The van der Waals surface area contributed by atoms with Gasteiger partial charge in [-0.15, -0.1) is 0 Å². The van der Waals surface area contributed by atoms with Gasteiger partial charge < -0.3 is 20.3 Å². The molecule has 1 aromatic rings. The van der Waals surface area contributed by atoms with Gasteiger partial charge in [-0.1, -0.05) is 0 Å². The zero-order valence-corrected chi connectivity index (χ0v) is 10.4. The van der Waals surface area contributed by atoms with E-state index in [4.69, 9.17) is 9.84 Å². The van der Waals surface area contributed by atoms with Crippen molar-refractivity contribution >= 4 is 5.91 Å². The molecule has 1 heterocycles. The van der Waals surface area contributed by atoms with Crippen molar-refractivity contribution in [1.29, 1.82) is 0 Å². The Labute approximate surface area is 110 Å². The Morgan fingerprint density at radius 2 is 2.11 bits per heavy atom. The van der Waals surface area contributed by atoms with Crippen LogP contribution in [0.1, 0.15) is 23.2 Å². The van der Waals surface area contributed by atoms with Gasteiger partial charge in [0.1, 0.15) is 11.6 Å². The van der Waals surface area contributed by atoms with Crippen LogP contribution < -0.4 is 5.32 Å². The Balaban J connectivity index is 1.97. The number of carbonyl (C=O) groups is 1. The lowest BCUT2D eigenvalue weighted by atomic mass is 9.94. The second-order valence-corrected chi connectivity index (χ2v) is 4.68. The first-order chi connectivity index (χ1) is 9.00. The van der Waals surface area contributed by atoms with Gasteiger partial charge in [-0.2, -0.15) is 0 Å². The maximum atomic E-state index is 13.5. The normalized spacial score (nSPS) is 18.0. The summed E-state index contributed by atoms with van der Waals surface area (Å²) in [5, 5.41) is 21.7. The molecule has 0 radical (unpaired) electrons. The van der Waals surface area contributed by atoms with E-state index in [1.165, 1.54) is 12.1 Å². The molecule has 3 N–H and O–H groups in total. The van der Waals surface area contributed by atoms with Crippen LogP contribution in [0, 0.1) is 5.82 Å². The van der Waals surface area contributed by atoms with Crippen molar-refractivity contribution < 1.29 is 24.1 Å². The molecule has 0 aliphatic carbocycles. The van der Waals surface area contributed by atoms with Crippen molar-refractivity contribution in [2.45, 2.75) is 18.4 Å². The molecule has 0 bridgehead atoms. The molecular formula is C13H16FNO4. The van der Waals surface area contributed by atoms with E-state index in [0.717, 1.165) is 6.07 Å². The summed E-state index contributed by atoms with van der Waals surface area (Å²) in [6, 6.07) is 3.31. The number of hydrogen-bond acceptors (Lipinski definition) is 4. The fourth-order valence-electron chi connectivity index (χ4n) is 1.96. The van der Waals surface area contributed by atoms with Crippen molar-refractivity contribution in [2.75, 3.05) is 19.8 Å². The number of halogens is 1. The number of phenolic OH excluding ortho intramolecular Hbond substituents is 1. The monoisotopic (exact) mass is 269 g/mol. The SMILES string of the molecule is O=C(NCC1(O)CCOCC1)c1ccc(O)cc1F. The summed E-state index contributed by atoms with van der Waals surface area (Å²) in [5.41, 5.74) is -1.16. The highest BCUT2D eigenvalue weighted by Gasteiger charge is 2.30. The van der Waals surface area contributed by atoms with Crippen LogP contribution in [0.3, 0.4) is 0 Å². The van der Waals surface area contributed by atoms with E-state index in [2.05, 4.69) is 5.32 Å². The largest absolute Gasteiger partial charge is 0.508 e. The van der Waals surface area contributed by atoms with E-state index in [1.807, 2.05) is 0 Å². The van der Waals surface area contributed by atoms with Gasteiger partial charge in [-0.05, 0) is 12.1 Å². The number of carbonyl (C=O) groups excluding carboxylic acids is 1. The van der Waals surface area contributed by atoms with E-state index in [-0.39, 0.29) is 17.9 Å². The third kappa shape index (κ3) is 3.42. The predicted molar refractivity (Wildman–Crippen MR) is 65.4 cm³/mol. The lowest BCUT2D eigenvalue weighted by Gasteiger charge is -2.32. The number of rotatable bonds is 3. The van der Waals surface area contributed by atoms with Gasteiger partial charge in [0.2, 0.25) is 0 Å². The van der Waals surface area contributed by atoms with Gasteiger partial charge >= 0.3 is 0 Å². The first-order valence-electron chi connectivity index (χ1n) is 6.07. The number of amides is 1. The summed E-state index contributed by atoms with van der Waals surface area (Å²) in [7, 11) is 0. The minimum atomic E-state index is -0.999. The highest BCUT2D eigenvalue weighted by atomic mass is 19.1. The first-order valence-corrected chi connectivity index (χ1v) is 6.07. The molecule has 0 saturated carbocycles. The van der Waals surface area contributed by atoms with Gasteiger partial charge in [0, 0.05) is 38.7 Å². The lowest BCUT2D eigenvalue weighted by molar-refractivity contribution is -0.0605. The van der Waals surface area contributed by atoms with E-state index < -0.39 is 17.3 Å². The average molecular weight is 269 g/mol. The highest BCUT2D eigenvalue weighted by Crippen LogP contribution is 2.20. The number of aliphatic hydroxyl groups is 1. The summed E-state index contributed by atoms with van der Waals surface area (Å²) in [6.45, 7) is 0.940. The van der Waals surface area contributed by atoms with Crippen LogP contribution in [0.15, 0.2) is 18.2 Å². The Kier molecular flexibility index (Phi) is 4.01. The van der Waals surface area contributed by atoms with Crippen LogP contribution in [0.25, 0.3) is 0 Å². The summed E-state index contributed by atoms with van der Waals surface area (Å²) in [4.78, 5) is 11.8. The van der Waals surface area contributed by atoms with Gasteiger partial charge in [0.05, 0.1) is 11.2 Å². The van der Waals surface area contributed by atoms with Crippen LogP contribution >= 0.6 is 0 Å². The molecular weight excluding hydrogens is 253 g/mol.